The highest BCUT2D eigenvalue weighted by Gasteiger charge is 2.11. The number of aliphatic hydroxyl groups is 2. The molecule has 1 aromatic rings. The van der Waals surface area contributed by atoms with E-state index in [-0.39, 0.29) is 13.2 Å². The minimum atomic E-state index is -0.676. The van der Waals surface area contributed by atoms with Crippen molar-refractivity contribution in [3.05, 3.63) is 35.9 Å². The highest BCUT2D eigenvalue weighted by atomic mass is 16.5. The molecular formula is C13H16O3. The van der Waals surface area contributed by atoms with Gasteiger partial charge in [-0.25, -0.2) is 0 Å². The molecule has 2 unspecified atom stereocenters. The van der Waals surface area contributed by atoms with Crippen molar-refractivity contribution in [1.82, 2.24) is 0 Å². The molecule has 16 heavy (non-hydrogen) atoms. The van der Waals surface area contributed by atoms with E-state index in [4.69, 9.17) is 16.3 Å². The second kappa shape index (κ2) is 7.02. The maximum absolute atomic E-state index is 9.39. The van der Waals surface area contributed by atoms with Crippen molar-refractivity contribution >= 4 is 0 Å². The van der Waals surface area contributed by atoms with Gasteiger partial charge in [0.2, 0.25) is 0 Å². The molecule has 0 aliphatic heterocycles. The summed E-state index contributed by atoms with van der Waals surface area (Å²) in [5.74, 6) is 2.52. The van der Waals surface area contributed by atoms with Crippen LogP contribution < -0.4 is 0 Å². The Bertz CT molecular complexity index is 329. The van der Waals surface area contributed by atoms with E-state index in [0.717, 1.165) is 5.56 Å². The molecule has 1 rings (SSSR count). The van der Waals surface area contributed by atoms with Crippen LogP contribution in [-0.2, 0) is 4.74 Å². The summed E-state index contributed by atoms with van der Waals surface area (Å²) < 4.78 is 5.39. The van der Waals surface area contributed by atoms with Gasteiger partial charge >= 0.3 is 0 Å². The van der Waals surface area contributed by atoms with E-state index in [9.17, 15) is 5.11 Å². The van der Waals surface area contributed by atoms with Crippen LogP contribution in [0.4, 0.5) is 0 Å². The Balaban J connectivity index is 2.48. The van der Waals surface area contributed by atoms with Crippen molar-refractivity contribution < 1.29 is 14.9 Å². The Labute approximate surface area is 95.7 Å². The second-order valence-corrected chi connectivity index (χ2v) is 3.46. The van der Waals surface area contributed by atoms with Crippen molar-refractivity contribution in [3.63, 3.8) is 0 Å². The first-order chi connectivity index (χ1) is 7.77. The van der Waals surface area contributed by atoms with Crippen molar-refractivity contribution in [3.8, 4) is 12.3 Å². The molecule has 0 heterocycles. The van der Waals surface area contributed by atoms with Crippen LogP contribution in [0.2, 0.25) is 0 Å². The Morgan fingerprint density at radius 1 is 1.31 bits per heavy atom. The van der Waals surface area contributed by atoms with E-state index in [1.54, 1.807) is 0 Å². The molecule has 3 heteroatoms. The standard InChI is InChI=1S/C13H16O3/c1-2-13(11-6-4-3-5-7-11)16-10-12(15)8-9-14/h1,3-7,12-15H,8-10H2. The van der Waals surface area contributed by atoms with Gasteiger partial charge in [-0.2, -0.15) is 0 Å². The lowest BCUT2D eigenvalue weighted by Gasteiger charge is -2.15. The Morgan fingerprint density at radius 3 is 2.56 bits per heavy atom. The third kappa shape index (κ3) is 4.03. The number of benzene rings is 1. The second-order valence-electron chi connectivity index (χ2n) is 3.46. The predicted octanol–water partition coefficient (Wildman–Crippen LogP) is 1.12. The fourth-order valence-electron chi connectivity index (χ4n) is 1.31. The summed E-state index contributed by atoms with van der Waals surface area (Å²) in [5.41, 5.74) is 0.890. The number of hydrogen-bond acceptors (Lipinski definition) is 3. The molecule has 2 atom stereocenters. The van der Waals surface area contributed by atoms with Crippen molar-refractivity contribution in [2.75, 3.05) is 13.2 Å². The monoisotopic (exact) mass is 220 g/mol. The van der Waals surface area contributed by atoms with Gasteiger partial charge < -0.3 is 14.9 Å². The molecule has 0 saturated heterocycles. The van der Waals surface area contributed by atoms with Gasteiger partial charge in [-0.3, -0.25) is 0 Å². The molecule has 0 aliphatic carbocycles. The molecule has 0 bridgehead atoms. The summed E-state index contributed by atoms with van der Waals surface area (Å²) in [6.07, 6.45) is 4.53. The van der Waals surface area contributed by atoms with Gasteiger partial charge in [0.05, 0.1) is 12.7 Å². The predicted molar refractivity (Wildman–Crippen MR) is 61.7 cm³/mol. The van der Waals surface area contributed by atoms with E-state index < -0.39 is 12.2 Å². The molecule has 0 spiro atoms. The van der Waals surface area contributed by atoms with E-state index in [2.05, 4.69) is 5.92 Å². The molecule has 0 fully saturated rings. The first-order valence-corrected chi connectivity index (χ1v) is 5.19. The molecule has 86 valence electrons. The molecule has 0 aromatic heterocycles. The first kappa shape index (κ1) is 12.7. The van der Waals surface area contributed by atoms with E-state index >= 15 is 0 Å². The fourth-order valence-corrected chi connectivity index (χ4v) is 1.31. The quantitative estimate of drug-likeness (QED) is 0.706. The number of ether oxygens (including phenoxy) is 1. The van der Waals surface area contributed by atoms with Crippen LogP contribution in [0.25, 0.3) is 0 Å². The van der Waals surface area contributed by atoms with Crippen LogP contribution in [0, 0.1) is 12.3 Å². The number of aliphatic hydroxyl groups excluding tert-OH is 2. The molecule has 3 nitrogen and oxygen atoms in total. The normalized spacial score (nSPS) is 14.1. The largest absolute Gasteiger partial charge is 0.396 e. The van der Waals surface area contributed by atoms with E-state index in [1.165, 1.54) is 0 Å². The van der Waals surface area contributed by atoms with Gasteiger partial charge in [-0.15, -0.1) is 6.42 Å². The first-order valence-electron chi connectivity index (χ1n) is 5.19. The third-order valence-corrected chi connectivity index (χ3v) is 2.17. The van der Waals surface area contributed by atoms with Gasteiger partial charge in [0.1, 0.15) is 6.10 Å². The van der Waals surface area contributed by atoms with Crippen molar-refractivity contribution in [2.24, 2.45) is 0 Å². The van der Waals surface area contributed by atoms with Gasteiger partial charge in [0.15, 0.2) is 0 Å². The lowest BCUT2D eigenvalue weighted by Crippen LogP contribution is -2.18. The van der Waals surface area contributed by atoms with Crippen LogP contribution in [-0.4, -0.2) is 29.5 Å². The van der Waals surface area contributed by atoms with Crippen molar-refractivity contribution in [1.29, 1.82) is 0 Å². The molecule has 0 radical (unpaired) electrons. The molecule has 2 N–H and O–H groups in total. The number of hydrogen-bond donors (Lipinski definition) is 2. The topological polar surface area (TPSA) is 49.7 Å². The number of terminal acetylenes is 1. The summed E-state index contributed by atoms with van der Waals surface area (Å²) in [4.78, 5) is 0. The molecule has 0 amide bonds. The lowest BCUT2D eigenvalue weighted by atomic mass is 10.1. The third-order valence-electron chi connectivity index (χ3n) is 2.17. The smallest absolute Gasteiger partial charge is 0.143 e. The minimum absolute atomic E-state index is 0.0589. The maximum Gasteiger partial charge on any atom is 0.143 e. The molecular weight excluding hydrogens is 204 g/mol. The molecule has 0 saturated carbocycles. The van der Waals surface area contributed by atoms with Gasteiger partial charge in [0, 0.05) is 6.61 Å². The zero-order chi connectivity index (χ0) is 11.8. The summed E-state index contributed by atoms with van der Waals surface area (Å²) >= 11 is 0. The Hall–Kier alpha value is -1.34. The highest BCUT2D eigenvalue weighted by molar-refractivity contribution is 5.23. The van der Waals surface area contributed by atoms with E-state index in [0.29, 0.717) is 6.42 Å². The average Bonchev–Trinajstić information content (AvgIpc) is 2.31. The zero-order valence-electron chi connectivity index (χ0n) is 9.04. The van der Waals surface area contributed by atoms with Crippen molar-refractivity contribution in [2.45, 2.75) is 18.6 Å². The minimum Gasteiger partial charge on any atom is -0.396 e. The van der Waals surface area contributed by atoms with Crippen LogP contribution >= 0.6 is 0 Å². The Kier molecular flexibility index (Phi) is 5.58. The van der Waals surface area contributed by atoms with Gasteiger partial charge in [-0.1, -0.05) is 36.3 Å². The lowest BCUT2D eigenvalue weighted by molar-refractivity contribution is 0.00282. The van der Waals surface area contributed by atoms with Crippen LogP contribution in [0.15, 0.2) is 30.3 Å². The maximum atomic E-state index is 9.39. The summed E-state index contributed by atoms with van der Waals surface area (Å²) in [6.45, 7) is 0.0703. The Morgan fingerprint density at radius 2 is 2.00 bits per heavy atom. The SMILES string of the molecule is C#CC(OCC(O)CCO)c1ccccc1. The molecule has 1 aromatic carbocycles. The molecule has 0 aliphatic rings. The highest BCUT2D eigenvalue weighted by Crippen LogP contribution is 2.16. The summed E-state index contributed by atoms with van der Waals surface area (Å²) in [5, 5.41) is 18.0. The fraction of sp³-hybridized carbons (Fsp3) is 0.385. The van der Waals surface area contributed by atoms with Gasteiger partial charge in [0.25, 0.3) is 0 Å². The van der Waals surface area contributed by atoms with Crippen LogP contribution in [0.5, 0.6) is 0 Å². The summed E-state index contributed by atoms with van der Waals surface area (Å²) in [7, 11) is 0. The van der Waals surface area contributed by atoms with Crippen LogP contribution in [0.1, 0.15) is 18.1 Å². The summed E-state index contributed by atoms with van der Waals surface area (Å²) in [6, 6.07) is 9.42. The van der Waals surface area contributed by atoms with Gasteiger partial charge in [-0.05, 0) is 12.0 Å². The number of rotatable bonds is 6. The van der Waals surface area contributed by atoms with E-state index in [1.807, 2.05) is 30.3 Å². The van der Waals surface area contributed by atoms with Crippen LogP contribution in [0.3, 0.4) is 0 Å². The average molecular weight is 220 g/mol. The zero-order valence-corrected chi connectivity index (χ0v) is 9.04.